The zero-order chi connectivity index (χ0) is 19.3. The van der Waals surface area contributed by atoms with Gasteiger partial charge in [0.25, 0.3) is 0 Å². The lowest BCUT2D eigenvalue weighted by molar-refractivity contribution is -0.274. The topological polar surface area (TPSA) is 18.5 Å². The molecule has 0 fully saturated rings. The molecular formula is C22H15F3O2. The molecule has 3 rings (SSSR count). The quantitative estimate of drug-likeness (QED) is 0.529. The fraction of sp³-hybridized carbons (Fsp3) is 0.0909. The van der Waals surface area contributed by atoms with Crippen LogP contribution in [0.1, 0.15) is 11.1 Å². The Balaban J connectivity index is 1.87. The Morgan fingerprint density at radius 1 is 0.889 bits per heavy atom. The van der Waals surface area contributed by atoms with Crippen LogP contribution in [0.15, 0.2) is 72.8 Å². The van der Waals surface area contributed by atoms with Crippen molar-refractivity contribution in [2.45, 2.75) is 13.0 Å². The summed E-state index contributed by atoms with van der Waals surface area (Å²) in [5.41, 5.74) is 3.01. The summed E-state index contributed by atoms with van der Waals surface area (Å²) in [6.07, 6.45) is 0.742. The van der Waals surface area contributed by atoms with Gasteiger partial charge >= 0.3 is 6.36 Å². The molecule has 2 nitrogen and oxygen atoms in total. The van der Waals surface area contributed by atoms with Gasteiger partial charge in [-0.2, -0.15) is 0 Å². The Bertz CT molecular complexity index is 940. The van der Waals surface area contributed by atoms with Crippen molar-refractivity contribution < 1.29 is 22.6 Å². The van der Waals surface area contributed by atoms with Gasteiger partial charge in [-0.15, -0.1) is 19.6 Å². The predicted molar refractivity (Wildman–Crippen MR) is 97.3 cm³/mol. The second-order valence-corrected chi connectivity index (χ2v) is 5.70. The Kier molecular flexibility index (Phi) is 5.37. The molecule has 0 heterocycles. The molecular weight excluding hydrogens is 353 g/mol. The van der Waals surface area contributed by atoms with Crippen molar-refractivity contribution >= 4 is 0 Å². The molecule has 0 atom stereocenters. The van der Waals surface area contributed by atoms with E-state index in [-0.39, 0.29) is 5.75 Å². The normalized spacial score (nSPS) is 10.9. The first-order valence-corrected chi connectivity index (χ1v) is 8.08. The van der Waals surface area contributed by atoms with Crippen molar-refractivity contribution in [1.29, 1.82) is 0 Å². The van der Waals surface area contributed by atoms with E-state index in [1.54, 1.807) is 18.2 Å². The van der Waals surface area contributed by atoms with Crippen LogP contribution in [0.4, 0.5) is 13.2 Å². The molecule has 136 valence electrons. The number of rotatable bonds is 5. The molecule has 0 aliphatic heterocycles. The average Bonchev–Trinajstić information content (AvgIpc) is 2.66. The molecule has 3 aromatic carbocycles. The number of terminal acetylenes is 1. The summed E-state index contributed by atoms with van der Waals surface area (Å²) in [6.45, 7) is 0.360. The van der Waals surface area contributed by atoms with E-state index in [2.05, 4.69) is 10.7 Å². The molecule has 0 unspecified atom stereocenters. The van der Waals surface area contributed by atoms with Crippen molar-refractivity contribution in [1.82, 2.24) is 0 Å². The molecule has 27 heavy (non-hydrogen) atoms. The zero-order valence-electron chi connectivity index (χ0n) is 14.2. The Morgan fingerprint density at radius 2 is 1.59 bits per heavy atom. The van der Waals surface area contributed by atoms with Gasteiger partial charge in [0.2, 0.25) is 0 Å². The molecule has 0 bridgehead atoms. The van der Waals surface area contributed by atoms with E-state index in [1.165, 1.54) is 24.3 Å². The summed E-state index contributed by atoms with van der Waals surface area (Å²) < 4.78 is 46.8. The minimum atomic E-state index is -4.73. The van der Waals surface area contributed by atoms with Gasteiger partial charge in [-0.1, -0.05) is 48.4 Å². The van der Waals surface area contributed by atoms with Crippen molar-refractivity contribution in [3.63, 3.8) is 0 Å². The first kappa shape index (κ1) is 18.4. The van der Waals surface area contributed by atoms with E-state index < -0.39 is 6.36 Å². The van der Waals surface area contributed by atoms with Crippen molar-refractivity contribution in [3.05, 3.63) is 83.9 Å². The Morgan fingerprint density at radius 3 is 2.22 bits per heavy atom. The maximum Gasteiger partial charge on any atom is 0.573 e. The fourth-order valence-electron chi connectivity index (χ4n) is 2.54. The van der Waals surface area contributed by atoms with Crippen LogP contribution in [-0.4, -0.2) is 6.36 Å². The van der Waals surface area contributed by atoms with Crippen LogP contribution in [0.3, 0.4) is 0 Å². The van der Waals surface area contributed by atoms with Gasteiger partial charge in [0.05, 0.1) is 0 Å². The van der Waals surface area contributed by atoms with Gasteiger partial charge in [-0.3, -0.25) is 0 Å². The van der Waals surface area contributed by atoms with E-state index in [9.17, 15) is 13.2 Å². The second kappa shape index (κ2) is 7.88. The molecule has 0 N–H and O–H groups in total. The van der Waals surface area contributed by atoms with Crippen LogP contribution in [0.5, 0.6) is 11.5 Å². The Hall–Kier alpha value is -3.39. The van der Waals surface area contributed by atoms with Crippen molar-refractivity contribution in [2.24, 2.45) is 0 Å². The van der Waals surface area contributed by atoms with Crippen LogP contribution in [0.2, 0.25) is 0 Å². The van der Waals surface area contributed by atoms with Crippen LogP contribution >= 0.6 is 0 Å². The summed E-state index contributed by atoms with van der Waals surface area (Å²) in [4.78, 5) is 0. The SMILES string of the molecule is C#Cc1ccc(OCc2ccccc2)c(-c2ccc(OC(F)(F)F)cc2)c1. The monoisotopic (exact) mass is 368 g/mol. The van der Waals surface area contributed by atoms with Gasteiger partial charge < -0.3 is 9.47 Å². The molecule has 0 saturated carbocycles. The highest BCUT2D eigenvalue weighted by molar-refractivity contribution is 5.72. The summed E-state index contributed by atoms with van der Waals surface area (Å²) in [5, 5.41) is 0. The van der Waals surface area contributed by atoms with Crippen LogP contribution < -0.4 is 9.47 Å². The third-order valence-electron chi connectivity index (χ3n) is 3.78. The molecule has 0 spiro atoms. The maximum atomic E-state index is 12.3. The summed E-state index contributed by atoms with van der Waals surface area (Å²) in [5.74, 6) is 2.85. The van der Waals surface area contributed by atoms with Crippen LogP contribution in [0.25, 0.3) is 11.1 Å². The molecule has 0 aromatic heterocycles. The number of halogens is 3. The summed E-state index contributed by atoms with van der Waals surface area (Å²) in [6, 6.07) is 20.5. The third kappa shape index (κ3) is 5.05. The predicted octanol–water partition coefficient (Wildman–Crippen LogP) is 5.81. The highest BCUT2D eigenvalue weighted by Gasteiger charge is 2.31. The van der Waals surface area contributed by atoms with E-state index in [0.717, 1.165) is 5.56 Å². The number of ether oxygens (including phenoxy) is 2. The zero-order valence-corrected chi connectivity index (χ0v) is 14.2. The lowest BCUT2D eigenvalue weighted by atomic mass is 10.0. The summed E-state index contributed by atoms with van der Waals surface area (Å²) in [7, 11) is 0. The van der Waals surface area contributed by atoms with Gasteiger partial charge in [0.1, 0.15) is 18.1 Å². The number of alkyl halides is 3. The standard InChI is InChI=1S/C22H15F3O2/c1-2-16-8-13-21(26-15-17-6-4-3-5-7-17)20(14-16)18-9-11-19(12-10-18)27-22(23,24)25/h1,3-14H,15H2. The number of benzene rings is 3. The lowest BCUT2D eigenvalue weighted by Crippen LogP contribution is -2.16. The number of hydrogen-bond acceptors (Lipinski definition) is 2. The first-order chi connectivity index (χ1) is 12.9. The maximum absolute atomic E-state index is 12.3. The van der Waals surface area contributed by atoms with E-state index in [1.807, 2.05) is 30.3 Å². The third-order valence-corrected chi connectivity index (χ3v) is 3.78. The largest absolute Gasteiger partial charge is 0.573 e. The molecule has 3 aromatic rings. The smallest absolute Gasteiger partial charge is 0.488 e. The summed E-state index contributed by atoms with van der Waals surface area (Å²) >= 11 is 0. The van der Waals surface area contributed by atoms with Crippen molar-refractivity contribution in [2.75, 3.05) is 0 Å². The Labute approximate surface area is 155 Å². The van der Waals surface area contributed by atoms with E-state index >= 15 is 0 Å². The molecule has 0 radical (unpaired) electrons. The minimum absolute atomic E-state index is 0.286. The molecule has 0 aliphatic rings. The van der Waals surface area contributed by atoms with Gasteiger partial charge in [0, 0.05) is 11.1 Å². The highest BCUT2D eigenvalue weighted by atomic mass is 19.4. The van der Waals surface area contributed by atoms with Gasteiger partial charge in [-0.05, 0) is 41.5 Å². The molecule has 0 amide bonds. The van der Waals surface area contributed by atoms with Gasteiger partial charge in [0.15, 0.2) is 0 Å². The van der Waals surface area contributed by atoms with Crippen molar-refractivity contribution in [3.8, 4) is 35.0 Å². The van der Waals surface area contributed by atoms with Crippen LogP contribution in [0, 0.1) is 12.3 Å². The minimum Gasteiger partial charge on any atom is -0.488 e. The number of hydrogen-bond donors (Lipinski definition) is 0. The van der Waals surface area contributed by atoms with Crippen LogP contribution in [-0.2, 0) is 6.61 Å². The highest BCUT2D eigenvalue weighted by Crippen LogP contribution is 2.33. The first-order valence-electron chi connectivity index (χ1n) is 8.08. The van der Waals surface area contributed by atoms with E-state index in [0.29, 0.717) is 29.0 Å². The average molecular weight is 368 g/mol. The fourth-order valence-corrected chi connectivity index (χ4v) is 2.54. The van der Waals surface area contributed by atoms with Gasteiger partial charge in [-0.25, -0.2) is 0 Å². The second-order valence-electron chi connectivity index (χ2n) is 5.70. The lowest BCUT2D eigenvalue weighted by Gasteiger charge is -2.14. The van der Waals surface area contributed by atoms with E-state index in [4.69, 9.17) is 11.2 Å². The molecule has 5 heteroatoms. The molecule has 0 aliphatic carbocycles. The molecule has 0 saturated heterocycles.